The number of carbonyl (C=O) groups excluding carboxylic acids is 1. The van der Waals surface area contributed by atoms with Crippen molar-refractivity contribution < 1.29 is 9.53 Å². The van der Waals surface area contributed by atoms with Gasteiger partial charge < -0.3 is 20.3 Å². The highest BCUT2D eigenvalue weighted by Gasteiger charge is 2.13. The molecule has 0 aliphatic heterocycles. The number of aromatic nitrogens is 2. The van der Waals surface area contributed by atoms with E-state index >= 15 is 0 Å². The third kappa shape index (κ3) is 6.00. The van der Waals surface area contributed by atoms with Gasteiger partial charge in [-0.2, -0.15) is 4.98 Å². The average Bonchev–Trinajstić information content (AvgIpc) is 2.59. The fourth-order valence-corrected chi connectivity index (χ4v) is 2.42. The average molecular weight is 357 g/mol. The third-order valence-corrected chi connectivity index (χ3v) is 3.60. The molecule has 26 heavy (non-hydrogen) atoms. The van der Waals surface area contributed by atoms with E-state index in [0.29, 0.717) is 29.6 Å². The van der Waals surface area contributed by atoms with Crippen LogP contribution in [0.3, 0.4) is 0 Å². The summed E-state index contributed by atoms with van der Waals surface area (Å²) in [5.74, 6) is 0.840. The van der Waals surface area contributed by atoms with Gasteiger partial charge >= 0.3 is 5.97 Å². The van der Waals surface area contributed by atoms with Crippen LogP contribution in [0.25, 0.3) is 0 Å². The van der Waals surface area contributed by atoms with Crippen LogP contribution < -0.4 is 10.6 Å². The predicted molar refractivity (Wildman–Crippen MR) is 104 cm³/mol. The zero-order chi connectivity index (χ0) is 18.9. The molecule has 1 heterocycles. The van der Waals surface area contributed by atoms with Gasteiger partial charge in [-0.15, -0.1) is 0 Å². The van der Waals surface area contributed by atoms with E-state index in [0.717, 1.165) is 25.2 Å². The summed E-state index contributed by atoms with van der Waals surface area (Å²) in [5.41, 5.74) is 1.97. The Balaban J connectivity index is 2.11. The topological polar surface area (TPSA) is 79.4 Å². The van der Waals surface area contributed by atoms with Crippen molar-refractivity contribution in [2.75, 3.05) is 44.4 Å². The number of hydrogen-bond acceptors (Lipinski definition) is 7. The van der Waals surface area contributed by atoms with Crippen molar-refractivity contribution in [2.45, 2.75) is 20.3 Å². The lowest BCUT2D eigenvalue weighted by Gasteiger charge is -2.13. The second-order valence-electron chi connectivity index (χ2n) is 6.19. The normalized spacial score (nSPS) is 10.7. The van der Waals surface area contributed by atoms with Crippen molar-refractivity contribution in [1.29, 1.82) is 0 Å². The Bertz CT molecular complexity index is 734. The Morgan fingerprint density at radius 1 is 1.23 bits per heavy atom. The Hall–Kier alpha value is -2.67. The molecule has 2 N–H and O–H groups in total. The summed E-state index contributed by atoms with van der Waals surface area (Å²) in [6, 6.07) is 9.06. The number of anilines is 3. The number of carbonyl (C=O) groups is 1. The molecule has 0 fully saturated rings. The molecule has 0 amide bonds. The summed E-state index contributed by atoms with van der Waals surface area (Å²) >= 11 is 0. The number of aryl methyl sites for hydroxylation is 1. The molecule has 0 spiro atoms. The molecule has 140 valence electrons. The number of hydrogen-bond donors (Lipinski definition) is 2. The molecule has 1 aromatic carbocycles. The molecular formula is C19H27N5O2. The van der Waals surface area contributed by atoms with Crippen LogP contribution in [0, 0.1) is 6.92 Å². The van der Waals surface area contributed by atoms with Crippen molar-refractivity contribution in [1.82, 2.24) is 14.9 Å². The SMILES string of the molecule is CCOC(=O)c1ccccc1Nc1cc(C)nc(NCCCN(C)C)n1. The summed E-state index contributed by atoms with van der Waals surface area (Å²) < 4.78 is 5.11. The van der Waals surface area contributed by atoms with E-state index in [1.807, 2.05) is 39.2 Å². The summed E-state index contributed by atoms with van der Waals surface area (Å²) in [6.07, 6.45) is 0.999. The fraction of sp³-hybridized carbons (Fsp3) is 0.421. The van der Waals surface area contributed by atoms with Crippen molar-refractivity contribution >= 4 is 23.4 Å². The summed E-state index contributed by atoms with van der Waals surface area (Å²) in [4.78, 5) is 23.1. The Labute approximate surface area is 154 Å². The summed E-state index contributed by atoms with van der Waals surface area (Å²) in [5, 5.41) is 6.45. The number of esters is 1. The van der Waals surface area contributed by atoms with Crippen molar-refractivity contribution in [2.24, 2.45) is 0 Å². The zero-order valence-electron chi connectivity index (χ0n) is 15.9. The lowest BCUT2D eigenvalue weighted by Crippen LogP contribution is -2.17. The van der Waals surface area contributed by atoms with Crippen molar-refractivity contribution in [3.05, 3.63) is 41.6 Å². The Morgan fingerprint density at radius 2 is 2.00 bits per heavy atom. The quantitative estimate of drug-likeness (QED) is 0.527. The first kappa shape index (κ1) is 19.7. The minimum atomic E-state index is -0.358. The third-order valence-electron chi connectivity index (χ3n) is 3.60. The van der Waals surface area contributed by atoms with Crippen LogP contribution in [0.15, 0.2) is 30.3 Å². The first-order chi connectivity index (χ1) is 12.5. The molecule has 7 nitrogen and oxygen atoms in total. The zero-order valence-corrected chi connectivity index (χ0v) is 15.9. The van der Waals surface area contributed by atoms with Crippen molar-refractivity contribution in [3.63, 3.8) is 0 Å². The number of benzene rings is 1. The molecule has 0 atom stereocenters. The lowest BCUT2D eigenvalue weighted by atomic mass is 10.2. The van der Waals surface area contributed by atoms with Gasteiger partial charge in [-0.3, -0.25) is 0 Å². The smallest absolute Gasteiger partial charge is 0.340 e. The molecule has 0 saturated carbocycles. The Kier molecular flexibility index (Phi) is 7.35. The maximum Gasteiger partial charge on any atom is 0.340 e. The van der Waals surface area contributed by atoms with Crippen LogP contribution in [0.5, 0.6) is 0 Å². The van der Waals surface area contributed by atoms with Gasteiger partial charge in [-0.1, -0.05) is 12.1 Å². The predicted octanol–water partition coefficient (Wildman–Crippen LogP) is 3.07. The van der Waals surface area contributed by atoms with Gasteiger partial charge in [0.05, 0.1) is 17.9 Å². The van der Waals surface area contributed by atoms with E-state index in [9.17, 15) is 4.79 Å². The second kappa shape index (κ2) is 9.72. The molecule has 2 rings (SSSR count). The number of para-hydroxylation sites is 1. The van der Waals surface area contributed by atoms with Crippen LogP contribution in [-0.2, 0) is 4.74 Å². The lowest BCUT2D eigenvalue weighted by molar-refractivity contribution is 0.0527. The second-order valence-corrected chi connectivity index (χ2v) is 6.19. The van der Waals surface area contributed by atoms with Crippen molar-refractivity contribution in [3.8, 4) is 0 Å². The van der Waals surface area contributed by atoms with E-state index < -0.39 is 0 Å². The van der Waals surface area contributed by atoms with Gasteiger partial charge in [0.1, 0.15) is 5.82 Å². The number of nitrogens with one attached hydrogen (secondary N) is 2. The Morgan fingerprint density at radius 3 is 2.73 bits per heavy atom. The van der Waals surface area contributed by atoms with E-state index in [1.165, 1.54) is 0 Å². The largest absolute Gasteiger partial charge is 0.462 e. The minimum Gasteiger partial charge on any atom is -0.462 e. The molecular weight excluding hydrogens is 330 g/mol. The maximum absolute atomic E-state index is 12.1. The van der Waals surface area contributed by atoms with Gasteiger partial charge in [-0.25, -0.2) is 9.78 Å². The molecule has 0 unspecified atom stereocenters. The number of nitrogens with zero attached hydrogens (tertiary/aromatic N) is 3. The molecule has 0 aliphatic rings. The highest BCUT2D eigenvalue weighted by atomic mass is 16.5. The highest BCUT2D eigenvalue weighted by molar-refractivity contribution is 5.96. The van der Waals surface area contributed by atoms with Gasteiger partial charge in [0.15, 0.2) is 0 Å². The first-order valence-electron chi connectivity index (χ1n) is 8.77. The van der Waals surface area contributed by atoms with Crippen LogP contribution in [0.1, 0.15) is 29.4 Å². The molecule has 0 bridgehead atoms. The molecule has 1 aromatic heterocycles. The molecule has 2 aromatic rings. The number of rotatable bonds is 9. The maximum atomic E-state index is 12.1. The van der Waals surface area contributed by atoms with E-state index in [4.69, 9.17) is 4.74 Å². The number of ether oxygens (including phenoxy) is 1. The molecule has 0 aliphatic carbocycles. The van der Waals surface area contributed by atoms with Gasteiger partial charge in [-0.05, 0) is 53.0 Å². The van der Waals surface area contributed by atoms with E-state index in [-0.39, 0.29) is 5.97 Å². The van der Waals surface area contributed by atoms with E-state index in [1.54, 1.807) is 19.1 Å². The summed E-state index contributed by atoms with van der Waals surface area (Å²) in [7, 11) is 4.10. The highest BCUT2D eigenvalue weighted by Crippen LogP contribution is 2.21. The first-order valence-corrected chi connectivity index (χ1v) is 8.77. The minimum absolute atomic E-state index is 0.334. The van der Waals surface area contributed by atoms with Crippen LogP contribution in [0.2, 0.25) is 0 Å². The van der Waals surface area contributed by atoms with Gasteiger partial charge in [0.2, 0.25) is 5.95 Å². The van der Waals surface area contributed by atoms with Crippen LogP contribution in [0.4, 0.5) is 17.5 Å². The van der Waals surface area contributed by atoms with E-state index in [2.05, 4.69) is 25.5 Å². The van der Waals surface area contributed by atoms with Gasteiger partial charge in [0.25, 0.3) is 0 Å². The van der Waals surface area contributed by atoms with Gasteiger partial charge in [0, 0.05) is 18.3 Å². The van der Waals surface area contributed by atoms with Crippen LogP contribution in [-0.4, -0.2) is 54.6 Å². The molecule has 0 radical (unpaired) electrons. The van der Waals surface area contributed by atoms with Crippen LogP contribution >= 0.6 is 0 Å². The summed E-state index contributed by atoms with van der Waals surface area (Å²) in [6.45, 7) is 5.82. The molecule has 7 heteroatoms. The fourth-order valence-electron chi connectivity index (χ4n) is 2.42. The molecule has 0 saturated heterocycles. The standard InChI is InChI=1S/C19H27N5O2/c1-5-26-18(25)15-9-6-7-10-16(15)22-17-13-14(2)21-19(23-17)20-11-8-12-24(3)4/h6-7,9-10,13H,5,8,11-12H2,1-4H3,(H2,20,21,22,23). The monoisotopic (exact) mass is 357 g/mol.